The van der Waals surface area contributed by atoms with E-state index < -0.39 is 23.7 Å². The molecule has 4 rings (SSSR count). The lowest BCUT2D eigenvalue weighted by atomic mass is 9.46. The summed E-state index contributed by atoms with van der Waals surface area (Å²) in [7, 11) is 0. The monoisotopic (exact) mass is 502 g/mol. The van der Waals surface area contributed by atoms with Crippen molar-refractivity contribution in [3.05, 3.63) is 29.8 Å². The summed E-state index contributed by atoms with van der Waals surface area (Å²) in [5.41, 5.74) is 0.671. The number of likely N-dealkylation sites (tertiary alicyclic amines) is 1. The second-order valence-corrected chi connectivity index (χ2v) is 11.7. The molecule has 0 unspecified atom stereocenters. The van der Waals surface area contributed by atoms with Gasteiger partial charge in [0.15, 0.2) is 0 Å². The fourth-order valence-electron chi connectivity index (χ4n) is 7.35. The van der Waals surface area contributed by atoms with Crippen molar-refractivity contribution >= 4 is 17.7 Å². The number of hydrogen-bond donors (Lipinski definition) is 4. The van der Waals surface area contributed by atoms with Crippen molar-refractivity contribution in [2.75, 3.05) is 25.1 Å². The van der Waals surface area contributed by atoms with Crippen molar-refractivity contribution in [1.82, 2.24) is 4.90 Å². The zero-order valence-electron chi connectivity index (χ0n) is 21.8. The summed E-state index contributed by atoms with van der Waals surface area (Å²) < 4.78 is 5.90. The Kier molecular flexibility index (Phi) is 7.98. The van der Waals surface area contributed by atoms with E-state index in [1.54, 1.807) is 4.90 Å². The highest BCUT2D eigenvalue weighted by atomic mass is 16.6. The first-order valence-electron chi connectivity index (χ1n) is 13.4. The summed E-state index contributed by atoms with van der Waals surface area (Å²) in [5.74, 6) is -0.287. The average Bonchev–Trinajstić information content (AvgIpc) is 3.34. The molecule has 1 aromatic rings. The van der Waals surface area contributed by atoms with Gasteiger partial charge in [-0.3, -0.25) is 10.1 Å². The number of aliphatic hydroxyl groups is 3. The second-order valence-electron chi connectivity index (χ2n) is 11.7. The molecule has 3 fully saturated rings. The number of aryl methyl sites for hydroxylation is 1. The van der Waals surface area contributed by atoms with Crippen LogP contribution in [0.4, 0.5) is 10.5 Å². The molecule has 7 atom stereocenters. The van der Waals surface area contributed by atoms with E-state index in [-0.39, 0.29) is 48.8 Å². The molecule has 0 spiro atoms. The minimum Gasteiger partial charge on any atom is -0.445 e. The molecule has 2 aliphatic carbocycles. The van der Waals surface area contributed by atoms with Gasteiger partial charge >= 0.3 is 6.09 Å². The summed E-state index contributed by atoms with van der Waals surface area (Å²) in [4.78, 5) is 27.8. The highest BCUT2D eigenvalue weighted by molar-refractivity contribution is 5.84. The maximum Gasteiger partial charge on any atom is 0.411 e. The lowest BCUT2D eigenvalue weighted by Gasteiger charge is -2.60. The van der Waals surface area contributed by atoms with Crippen LogP contribution in [0.2, 0.25) is 0 Å². The molecule has 0 bridgehead atoms. The van der Waals surface area contributed by atoms with Crippen molar-refractivity contribution in [3.8, 4) is 0 Å². The number of rotatable bonds is 6. The number of nitrogens with zero attached hydrogens (tertiary/aromatic N) is 1. The first kappa shape index (κ1) is 26.9. The molecule has 2 amide bonds. The van der Waals surface area contributed by atoms with Crippen molar-refractivity contribution in [2.24, 2.45) is 22.7 Å². The highest BCUT2D eigenvalue weighted by Gasteiger charge is 2.60. The summed E-state index contributed by atoms with van der Waals surface area (Å²) in [6.45, 7) is 6.54. The van der Waals surface area contributed by atoms with E-state index in [1.165, 1.54) is 0 Å². The van der Waals surface area contributed by atoms with Crippen LogP contribution in [0.25, 0.3) is 0 Å². The molecule has 1 heterocycles. The Labute approximate surface area is 214 Å². The third-order valence-corrected chi connectivity index (χ3v) is 9.53. The molecule has 200 valence electrons. The number of benzene rings is 1. The minimum atomic E-state index is -0.694. The van der Waals surface area contributed by atoms with Gasteiger partial charge in [-0.25, -0.2) is 4.79 Å². The van der Waals surface area contributed by atoms with Crippen LogP contribution in [0.5, 0.6) is 0 Å². The summed E-state index contributed by atoms with van der Waals surface area (Å²) in [6, 6.07) is 7.34. The van der Waals surface area contributed by atoms with Crippen LogP contribution in [-0.4, -0.2) is 70.2 Å². The van der Waals surface area contributed by atoms with Crippen LogP contribution in [0.1, 0.15) is 64.4 Å². The summed E-state index contributed by atoms with van der Waals surface area (Å²) >= 11 is 0. The predicted molar refractivity (Wildman–Crippen MR) is 136 cm³/mol. The lowest BCUT2D eigenvalue weighted by Crippen LogP contribution is -2.61. The third kappa shape index (κ3) is 5.00. The van der Waals surface area contributed by atoms with Crippen LogP contribution in [-0.2, 0) is 9.53 Å². The molecule has 3 aliphatic rings. The second kappa shape index (κ2) is 10.7. The minimum absolute atomic E-state index is 0.0148. The van der Waals surface area contributed by atoms with Crippen molar-refractivity contribution in [1.29, 1.82) is 0 Å². The first-order valence-corrected chi connectivity index (χ1v) is 13.4. The Morgan fingerprint density at radius 2 is 1.83 bits per heavy atom. The standard InChI is InChI=1S/C28H42N2O6/c1-18-6-8-19(9-7-18)29-26(35)36-24-12-13-27(2)21(15-25(34)30-14-4-5-20(30)16-31)22(33)10-11-23(27)28(24,3)17-32/h6-9,20-24,31-33H,4-5,10-17H2,1-3H3,(H,29,35)/t20-,21+,22+,23+,24+,27-,28-/m0/s1. The Balaban J connectivity index is 1.49. The van der Waals surface area contributed by atoms with E-state index >= 15 is 0 Å². The van der Waals surface area contributed by atoms with Gasteiger partial charge in [-0.1, -0.05) is 31.5 Å². The number of carbonyl (C=O) groups is 2. The van der Waals surface area contributed by atoms with E-state index in [2.05, 4.69) is 12.2 Å². The number of amides is 2. The lowest BCUT2D eigenvalue weighted by molar-refractivity contribution is -0.186. The van der Waals surface area contributed by atoms with Gasteiger partial charge in [0, 0.05) is 24.1 Å². The number of ether oxygens (including phenoxy) is 1. The van der Waals surface area contributed by atoms with E-state index in [4.69, 9.17) is 4.74 Å². The fourth-order valence-corrected chi connectivity index (χ4v) is 7.35. The molecular weight excluding hydrogens is 460 g/mol. The molecular formula is C28H42N2O6. The molecule has 4 N–H and O–H groups in total. The smallest absolute Gasteiger partial charge is 0.411 e. The molecule has 8 nitrogen and oxygen atoms in total. The predicted octanol–water partition coefficient (Wildman–Crippen LogP) is 3.47. The normalized spacial score (nSPS) is 36.3. The van der Waals surface area contributed by atoms with Gasteiger partial charge < -0.3 is 25.0 Å². The Morgan fingerprint density at radius 3 is 2.50 bits per heavy atom. The molecule has 2 saturated carbocycles. The summed E-state index contributed by atoms with van der Waals surface area (Å²) in [6.07, 6.45) is 2.77. The van der Waals surface area contributed by atoms with Crippen LogP contribution in [0.3, 0.4) is 0 Å². The number of fused-ring (bicyclic) bond motifs is 1. The molecule has 36 heavy (non-hydrogen) atoms. The van der Waals surface area contributed by atoms with Gasteiger partial charge in [0.25, 0.3) is 0 Å². The largest absolute Gasteiger partial charge is 0.445 e. The Bertz CT molecular complexity index is 938. The number of anilines is 1. The van der Waals surface area contributed by atoms with Gasteiger partial charge in [0.2, 0.25) is 5.91 Å². The first-order chi connectivity index (χ1) is 17.1. The molecule has 0 aromatic heterocycles. The van der Waals surface area contributed by atoms with Gasteiger partial charge in [0.1, 0.15) is 6.10 Å². The topological polar surface area (TPSA) is 119 Å². The average molecular weight is 503 g/mol. The third-order valence-electron chi connectivity index (χ3n) is 9.53. The molecule has 1 aromatic carbocycles. The van der Waals surface area contributed by atoms with Gasteiger partial charge in [-0.2, -0.15) is 0 Å². The van der Waals surface area contributed by atoms with Crippen LogP contribution in [0.15, 0.2) is 24.3 Å². The number of hydrogen-bond acceptors (Lipinski definition) is 6. The highest BCUT2D eigenvalue weighted by Crippen LogP contribution is 2.61. The van der Waals surface area contributed by atoms with Crippen LogP contribution < -0.4 is 5.32 Å². The van der Waals surface area contributed by atoms with Crippen LogP contribution >= 0.6 is 0 Å². The van der Waals surface area contributed by atoms with E-state index in [1.807, 2.05) is 38.1 Å². The SMILES string of the molecule is Cc1ccc(NC(=O)O[C@@H]2CC[C@]3(C)[C@@H](CC[C@@H](O)[C@H]3CC(=O)N3CCC[C@H]3CO)[C@]2(C)CO)cc1. The Hall–Kier alpha value is -2.16. The van der Waals surface area contributed by atoms with E-state index in [0.717, 1.165) is 18.4 Å². The van der Waals surface area contributed by atoms with Gasteiger partial charge in [-0.05, 0) is 74.8 Å². The van der Waals surface area contributed by atoms with E-state index in [0.29, 0.717) is 37.9 Å². The van der Waals surface area contributed by atoms with Crippen molar-refractivity contribution in [2.45, 2.75) is 84.0 Å². The molecule has 1 saturated heterocycles. The molecule has 1 aliphatic heterocycles. The van der Waals surface area contributed by atoms with Gasteiger partial charge in [0.05, 0.1) is 25.4 Å². The quantitative estimate of drug-likeness (QED) is 0.473. The molecule has 0 radical (unpaired) electrons. The number of nitrogens with one attached hydrogen (secondary N) is 1. The van der Waals surface area contributed by atoms with E-state index in [9.17, 15) is 24.9 Å². The zero-order chi connectivity index (χ0) is 26.1. The number of carbonyl (C=O) groups excluding carboxylic acids is 2. The number of aliphatic hydroxyl groups excluding tert-OH is 3. The zero-order valence-corrected chi connectivity index (χ0v) is 21.8. The van der Waals surface area contributed by atoms with Crippen molar-refractivity contribution < 1.29 is 29.6 Å². The molecule has 8 heteroatoms. The maximum atomic E-state index is 13.3. The van der Waals surface area contributed by atoms with Crippen LogP contribution in [0, 0.1) is 29.6 Å². The maximum absolute atomic E-state index is 13.3. The van der Waals surface area contributed by atoms with Gasteiger partial charge in [-0.15, -0.1) is 0 Å². The Morgan fingerprint density at radius 1 is 1.11 bits per heavy atom. The summed E-state index contributed by atoms with van der Waals surface area (Å²) in [5, 5.41) is 34.1. The fraction of sp³-hybridized carbons (Fsp3) is 0.714. The van der Waals surface area contributed by atoms with Crippen molar-refractivity contribution in [3.63, 3.8) is 0 Å².